The van der Waals surface area contributed by atoms with E-state index in [9.17, 15) is 4.79 Å². The van der Waals surface area contributed by atoms with E-state index in [0.29, 0.717) is 24.9 Å². The molecule has 1 unspecified atom stereocenters. The second-order valence-corrected chi connectivity index (χ2v) is 7.63. The van der Waals surface area contributed by atoms with Gasteiger partial charge in [-0.1, -0.05) is 19.4 Å². The Morgan fingerprint density at radius 3 is 2.72 bits per heavy atom. The maximum absolute atomic E-state index is 11.8. The van der Waals surface area contributed by atoms with Crippen LogP contribution in [-0.4, -0.2) is 54.0 Å². The van der Waals surface area contributed by atoms with Gasteiger partial charge in [0.15, 0.2) is 5.96 Å². The Hall–Kier alpha value is -1.58. The van der Waals surface area contributed by atoms with Gasteiger partial charge in [0, 0.05) is 51.4 Å². The van der Waals surface area contributed by atoms with Gasteiger partial charge in [0.25, 0.3) is 0 Å². The molecule has 1 atom stereocenters. The fourth-order valence-corrected chi connectivity index (χ4v) is 3.84. The van der Waals surface area contributed by atoms with Crippen LogP contribution in [-0.2, 0) is 11.3 Å². The summed E-state index contributed by atoms with van der Waals surface area (Å²) in [5, 5.41) is 6.74. The molecule has 0 bridgehead atoms. The van der Waals surface area contributed by atoms with Crippen molar-refractivity contribution in [2.75, 3.05) is 20.1 Å². The van der Waals surface area contributed by atoms with Crippen molar-refractivity contribution in [1.82, 2.24) is 20.5 Å². The van der Waals surface area contributed by atoms with E-state index in [1.807, 2.05) is 30.2 Å². The summed E-state index contributed by atoms with van der Waals surface area (Å²) in [6.07, 6.45) is 9.78. The van der Waals surface area contributed by atoms with E-state index >= 15 is 0 Å². The molecule has 2 N–H and O–H groups in total. The number of pyridine rings is 1. The third-order valence-corrected chi connectivity index (χ3v) is 5.51. The highest BCUT2D eigenvalue weighted by Crippen LogP contribution is 2.22. The minimum absolute atomic E-state index is 0. The maximum atomic E-state index is 11.8. The lowest BCUT2D eigenvalue weighted by Crippen LogP contribution is -2.44. The first kappa shape index (κ1) is 23.7. The van der Waals surface area contributed by atoms with E-state index in [2.05, 4.69) is 20.6 Å². The van der Waals surface area contributed by atoms with Crippen LogP contribution in [0.4, 0.5) is 0 Å². The van der Waals surface area contributed by atoms with Gasteiger partial charge in [-0.05, 0) is 37.7 Å². The number of carbonyl (C=O) groups excluding carboxylic acids is 1. The van der Waals surface area contributed by atoms with Gasteiger partial charge in [0.1, 0.15) is 6.10 Å². The van der Waals surface area contributed by atoms with E-state index in [0.717, 1.165) is 43.9 Å². The Balaban J connectivity index is 0.00000300. The number of halogens is 1. The Morgan fingerprint density at radius 1 is 1.28 bits per heavy atom. The van der Waals surface area contributed by atoms with Crippen LogP contribution in [0.2, 0.25) is 0 Å². The zero-order chi connectivity index (χ0) is 19.8. The molecular formula is C21H34IN5O2. The Morgan fingerprint density at radius 2 is 2.07 bits per heavy atom. The monoisotopic (exact) mass is 515 g/mol. The molecular weight excluding hydrogens is 481 g/mol. The van der Waals surface area contributed by atoms with Gasteiger partial charge in [0.05, 0.1) is 0 Å². The first-order valence-corrected chi connectivity index (χ1v) is 10.5. The highest BCUT2D eigenvalue weighted by molar-refractivity contribution is 14.0. The lowest BCUT2D eigenvalue weighted by molar-refractivity contribution is -0.129. The van der Waals surface area contributed by atoms with Crippen LogP contribution in [0.25, 0.3) is 0 Å². The number of nitrogens with one attached hydrogen (secondary N) is 2. The van der Waals surface area contributed by atoms with Crippen LogP contribution in [0.3, 0.4) is 0 Å². The maximum Gasteiger partial charge on any atom is 0.222 e. The summed E-state index contributed by atoms with van der Waals surface area (Å²) in [6, 6.07) is 4.24. The average molecular weight is 515 g/mol. The molecule has 1 aromatic rings. The molecule has 1 aliphatic carbocycles. The smallest absolute Gasteiger partial charge is 0.222 e. The molecule has 2 aliphatic rings. The fraction of sp³-hybridized carbons (Fsp3) is 0.667. The Labute approximate surface area is 191 Å². The third-order valence-electron chi connectivity index (χ3n) is 5.51. The van der Waals surface area contributed by atoms with Gasteiger partial charge < -0.3 is 20.3 Å². The molecule has 7 nitrogen and oxygen atoms in total. The van der Waals surface area contributed by atoms with Crippen LogP contribution in [0.5, 0.6) is 5.88 Å². The molecule has 3 rings (SSSR count). The normalized spacial score (nSPS) is 20.1. The van der Waals surface area contributed by atoms with Gasteiger partial charge in [-0.2, -0.15) is 0 Å². The predicted molar refractivity (Wildman–Crippen MR) is 126 cm³/mol. The largest absolute Gasteiger partial charge is 0.474 e. The number of aliphatic imine (C=N–C) groups is 1. The van der Waals surface area contributed by atoms with Gasteiger partial charge in [-0.3, -0.25) is 9.79 Å². The first-order chi connectivity index (χ1) is 13.7. The number of ether oxygens (including phenoxy) is 1. The number of amides is 1. The molecule has 1 saturated carbocycles. The zero-order valence-corrected chi connectivity index (χ0v) is 19.9. The molecule has 1 saturated heterocycles. The van der Waals surface area contributed by atoms with Crippen molar-refractivity contribution in [2.24, 2.45) is 4.99 Å². The number of nitrogens with zero attached hydrogens (tertiary/aromatic N) is 3. The van der Waals surface area contributed by atoms with Crippen LogP contribution in [0.1, 0.15) is 57.4 Å². The number of likely N-dealkylation sites (tertiary alicyclic amines) is 1. The van der Waals surface area contributed by atoms with Crippen molar-refractivity contribution in [2.45, 2.75) is 70.6 Å². The minimum atomic E-state index is 0. The summed E-state index contributed by atoms with van der Waals surface area (Å²) in [5.41, 5.74) is 1.08. The summed E-state index contributed by atoms with van der Waals surface area (Å²) in [7, 11) is 1.76. The van der Waals surface area contributed by atoms with E-state index in [1.54, 1.807) is 7.05 Å². The average Bonchev–Trinajstić information content (AvgIpc) is 3.21. The number of guanidine groups is 1. The molecule has 2 heterocycles. The molecule has 29 heavy (non-hydrogen) atoms. The van der Waals surface area contributed by atoms with Crippen LogP contribution >= 0.6 is 24.0 Å². The minimum Gasteiger partial charge on any atom is -0.474 e. The molecule has 1 aliphatic heterocycles. The Kier molecular flexibility index (Phi) is 9.96. The van der Waals surface area contributed by atoms with Crippen LogP contribution in [0.15, 0.2) is 23.3 Å². The van der Waals surface area contributed by atoms with E-state index in [-0.39, 0.29) is 35.9 Å². The van der Waals surface area contributed by atoms with E-state index in [1.165, 1.54) is 19.3 Å². The van der Waals surface area contributed by atoms with E-state index in [4.69, 9.17) is 4.74 Å². The summed E-state index contributed by atoms with van der Waals surface area (Å²) in [6.45, 7) is 4.10. The highest BCUT2D eigenvalue weighted by atomic mass is 127. The number of rotatable bonds is 6. The third kappa shape index (κ3) is 7.31. The van der Waals surface area contributed by atoms with Gasteiger partial charge in [-0.15, -0.1) is 24.0 Å². The molecule has 1 amide bonds. The molecule has 162 valence electrons. The van der Waals surface area contributed by atoms with Crippen LogP contribution in [0, 0.1) is 0 Å². The SMILES string of the molecule is CCC(=O)N1CCC(NC(=NC)NCc2ccc(OC3CCCCC3)nc2)C1.I. The lowest BCUT2D eigenvalue weighted by Gasteiger charge is -2.22. The number of hydrogen-bond acceptors (Lipinski definition) is 4. The first-order valence-electron chi connectivity index (χ1n) is 10.5. The second-order valence-electron chi connectivity index (χ2n) is 7.63. The van der Waals surface area contributed by atoms with Gasteiger partial charge in [-0.25, -0.2) is 4.98 Å². The van der Waals surface area contributed by atoms with Crippen molar-refractivity contribution in [3.63, 3.8) is 0 Å². The standard InChI is InChI=1S/C21H33N5O2.HI/c1-3-20(27)26-12-11-17(15-26)25-21(22-2)24-14-16-9-10-19(23-13-16)28-18-7-5-4-6-8-18;/h9-10,13,17-18H,3-8,11-12,14-15H2,1-2H3,(H2,22,24,25);1H. The Bertz CT molecular complexity index is 662. The van der Waals surface area contributed by atoms with Crippen molar-refractivity contribution >= 4 is 35.8 Å². The van der Waals surface area contributed by atoms with Crippen LogP contribution < -0.4 is 15.4 Å². The molecule has 8 heteroatoms. The predicted octanol–water partition coefficient (Wildman–Crippen LogP) is 3.09. The molecule has 0 aromatic carbocycles. The fourth-order valence-electron chi connectivity index (χ4n) is 3.84. The number of carbonyl (C=O) groups is 1. The molecule has 0 spiro atoms. The molecule has 1 aromatic heterocycles. The zero-order valence-electron chi connectivity index (χ0n) is 17.5. The van der Waals surface area contributed by atoms with Crippen molar-refractivity contribution in [3.8, 4) is 5.88 Å². The van der Waals surface area contributed by atoms with Gasteiger partial charge in [0.2, 0.25) is 11.8 Å². The molecule has 0 radical (unpaired) electrons. The number of aromatic nitrogens is 1. The molecule has 2 fully saturated rings. The van der Waals surface area contributed by atoms with Crippen molar-refractivity contribution in [1.29, 1.82) is 0 Å². The second kappa shape index (κ2) is 12.2. The quantitative estimate of drug-likeness (QED) is 0.346. The van der Waals surface area contributed by atoms with Crippen molar-refractivity contribution < 1.29 is 9.53 Å². The lowest BCUT2D eigenvalue weighted by atomic mass is 9.98. The summed E-state index contributed by atoms with van der Waals surface area (Å²) < 4.78 is 5.98. The highest BCUT2D eigenvalue weighted by Gasteiger charge is 2.25. The van der Waals surface area contributed by atoms with Crippen molar-refractivity contribution in [3.05, 3.63) is 23.9 Å². The van der Waals surface area contributed by atoms with Gasteiger partial charge >= 0.3 is 0 Å². The van der Waals surface area contributed by atoms with E-state index < -0.39 is 0 Å². The topological polar surface area (TPSA) is 78.9 Å². The summed E-state index contributed by atoms with van der Waals surface area (Å²) in [5.74, 6) is 1.68. The summed E-state index contributed by atoms with van der Waals surface area (Å²) >= 11 is 0. The summed E-state index contributed by atoms with van der Waals surface area (Å²) in [4.78, 5) is 22.5. The number of hydrogen-bond donors (Lipinski definition) is 2.